The standard InChI is InChI=1S/C13H9BrO3/c14-10-6-9(11(15)7-12(10)16)13(17)8-4-2-1-3-5-8/h1-7,15-16H. The maximum absolute atomic E-state index is 12.1. The molecule has 0 amide bonds. The number of hydrogen-bond donors (Lipinski definition) is 2. The van der Waals surface area contributed by atoms with Crippen LogP contribution in [0.15, 0.2) is 46.9 Å². The Hall–Kier alpha value is -1.81. The number of carbonyl (C=O) groups excluding carboxylic acids is 1. The molecule has 17 heavy (non-hydrogen) atoms. The third-order valence-corrected chi connectivity index (χ3v) is 2.98. The number of phenols is 2. The molecule has 0 aliphatic rings. The Morgan fingerprint density at radius 2 is 1.65 bits per heavy atom. The molecule has 2 N–H and O–H groups in total. The van der Waals surface area contributed by atoms with Crippen LogP contribution in [-0.4, -0.2) is 16.0 Å². The van der Waals surface area contributed by atoms with Gasteiger partial charge < -0.3 is 10.2 Å². The molecule has 2 aromatic rings. The van der Waals surface area contributed by atoms with Crippen molar-refractivity contribution in [1.29, 1.82) is 0 Å². The summed E-state index contributed by atoms with van der Waals surface area (Å²) in [4.78, 5) is 12.1. The Morgan fingerprint density at radius 1 is 1.00 bits per heavy atom. The lowest BCUT2D eigenvalue weighted by molar-refractivity contribution is 0.103. The Bertz CT molecular complexity index is 564. The molecule has 2 aromatic carbocycles. The van der Waals surface area contributed by atoms with E-state index in [9.17, 15) is 15.0 Å². The molecule has 86 valence electrons. The highest BCUT2D eigenvalue weighted by Gasteiger charge is 2.15. The van der Waals surface area contributed by atoms with Gasteiger partial charge in [0.25, 0.3) is 0 Å². The maximum atomic E-state index is 12.1. The summed E-state index contributed by atoms with van der Waals surface area (Å²) in [5.41, 5.74) is 0.640. The smallest absolute Gasteiger partial charge is 0.196 e. The molecule has 0 atom stereocenters. The minimum absolute atomic E-state index is 0.105. The van der Waals surface area contributed by atoms with Gasteiger partial charge in [0.05, 0.1) is 10.0 Å². The zero-order valence-electron chi connectivity index (χ0n) is 8.72. The molecule has 0 spiro atoms. The molecule has 0 unspecified atom stereocenters. The molecule has 0 heterocycles. The van der Waals surface area contributed by atoms with Crippen molar-refractivity contribution < 1.29 is 15.0 Å². The summed E-state index contributed by atoms with van der Waals surface area (Å²) < 4.78 is 0.370. The van der Waals surface area contributed by atoms with E-state index in [1.54, 1.807) is 24.3 Å². The predicted molar refractivity (Wildman–Crippen MR) is 67.3 cm³/mol. The number of ketones is 1. The van der Waals surface area contributed by atoms with Crippen LogP contribution in [0.2, 0.25) is 0 Å². The Labute approximate surface area is 106 Å². The van der Waals surface area contributed by atoms with Gasteiger partial charge in [0.15, 0.2) is 5.78 Å². The lowest BCUT2D eigenvalue weighted by atomic mass is 10.0. The second-order valence-electron chi connectivity index (χ2n) is 3.52. The van der Waals surface area contributed by atoms with Crippen LogP contribution in [0.25, 0.3) is 0 Å². The third kappa shape index (κ3) is 2.31. The average Bonchev–Trinajstić information content (AvgIpc) is 2.34. The summed E-state index contributed by atoms with van der Waals surface area (Å²) in [6.45, 7) is 0. The molecular formula is C13H9BrO3. The lowest BCUT2D eigenvalue weighted by Gasteiger charge is -2.06. The van der Waals surface area contributed by atoms with Gasteiger partial charge in [0.1, 0.15) is 11.5 Å². The number of carbonyl (C=O) groups is 1. The summed E-state index contributed by atoms with van der Waals surface area (Å²) >= 11 is 3.11. The van der Waals surface area contributed by atoms with E-state index < -0.39 is 0 Å². The molecule has 0 fully saturated rings. The van der Waals surface area contributed by atoms with Crippen molar-refractivity contribution in [2.45, 2.75) is 0 Å². The van der Waals surface area contributed by atoms with E-state index in [1.165, 1.54) is 6.07 Å². The van der Waals surface area contributed by atoms with Crippen molar-refractivity contribution in [2.24, 2.45) is 0 Å². The monoisotopic (exact) mass is 292 g/mol. The van der Waals surface area contributed by atoms with Gasteiger partial charge in [-0.3, -0.25) is 4.79 Å². The van der Waals surface area contributed by atoms with Crippen LogP contribution in [0.3, 0.4) is 0 Å². The van der Waals surface area contributed by atoms with E-state index in [0.717, 1.165) is 6.07 Å². The fourth-order valence-electron chi connectivity index (χ4n) is 1.48. The second kappa shape index (κ2) is 4.59. The SMILES string of the molecule is O=C(c1ccccc1)c1cc(Br)c(O)cc1O. The van der Waals surface area contributed by atoms with Crippen LogP contribution in [0.1, 0.15) is 15.9 Å². The molecule has 0 radical (unpaired) electrons. The topological polar surface area (TPSA) is 57.5 Å². The van der Waals surface area contributed by atoms with Gasteiger partial charge in [0.2, 0.25) is 0 Å². The summed E-state index contributed by atoms with van der Waals surface area (Å²) in [6.07, 6.45) is 0. The molecule has 4 heteroatoms. The Balaban J connectivity index is 2.48. The van der Waals surface area contributed by atoms with Crippen LogP contribution in [0.5, 0.6) is 11.5 Å². The van der Waals surface area contributed by atoms with Gasteiger partial charge in [-0.05, 0) is 22.0 Å². The van der Waals surface area contributed by atoms with Gasteiger partial charge in [-0.25, -0.2) is 0 Å². The molecular weight excluding hydrogens is 284 g/mol. The largest absolute Gasteiger partial charge is 0.507 e. The first-order chi connectivity index (χ1) is 8.09. The van der Waals surface area contributed by atoms with Crippen LogP contribution in [-0.2, 0) is 0 Å². The van der Waals surface area contributed by atoms with E-state index in [4.69, 9.17) is 0 Å². The zero-order chi connectivity index (χ0) is 12.4. The van der Waals surface area contributed by atoms with Gasteiger partial charge >= 0.3 is 0 Å². The molecule has 2 rings (SSSR count). The maximum Gasteiger partial charge on any atom is 0.196 e. The van der Waals surface area contributed by atoms with Crippen molar-refractivity contribution in [1.82, 2.24) is 0 Å². The first-order valence-corrected chi connectivity index (χ1v) is 5.70. The molecule has 3 nitrogen and oxygen atoms in total. The summed E-state index contributed by atoms with van der Waals surface area (Å²) in [6, 6.07) is 11.2. The van der Waals surface area contributed by atoms with Crippen LogP contribution in [0.4, 0.5) is 0 Å². The van der Waals surface area contributed by atoms with Crippen LogP contribution >= 0.6 is 15.9 Å². The number of rotatable bonds is 2. The first kappa shape index (κ1) is 11.7. The second-order valence-corrected chi connectivity index (χ2v) is 4.37. The fraction of sp³-hybridized carbons (Fsp3) is 0. The van der Waals surface area contributed by atoms with E-state index >= 15 is 0 Å². The lowest BCUT2D eigenvalue weighted by Crippen LogP contribution is -2.01. The summed E-state index contributed by atoms with van der Waals surface area (Å²) in [5, 5.41) is 19.0. The number of hydrogen-bond acceptors (Lipinski definition) is 3. The molecule has 0 bridgehead atoms. The van der Waals surface area contributed by atoms with Gasteiger partial charge in [-0.15, -0.1) is 0 Å². The van der Waals surface area contributed by atoms with Crippen LogP contribution in [0, 0.1) is 0 Å². The fourth-order valence-corrected chi connectivity index (χ4v) is 1.82. The minimum atomic E-state index is -0.288. The number of aromatic hydroxyl groups is 2. The first-order valence-electron chi connectivity index (χ1n) is 4.91. The van der Waals surface area contributed by atoms with E-state index in [2.05, 4.69) is 15.9 Å². The molecule has 0 saturated carbocycles. The van der Waals surface area contributed by atoms with E-state index in [0.29, 0.717) is 10.0 Å². The highest BCUT2D eigenvalue weighted by molar-refractivity contribution is 9.10. The zero-order valence-corrected chi connectivity index (χ0v) is 10.3. The number of halogens is 1. The van der Waals surface area contributed by atoms with E-state index in [1.807, 2.05) is 6.07 Å². The number of benzene rings is 2. The minimum Gasteiger partial charge on any atom is -0.507 e. The number of phenolic OH excluding ortho intramolecular Hbond substituents is 2. The summed E-state index contributed by atoms with van der Waals surface area (Å²) in [7, 11) is 0. The summed E-state index contributed by atoms with van der Waals surface area (Å²) in [5.74, 6) is -0.629. The quantitative estimate of drug-likeness (QED) is 0.836. The van der Waals surface area contributed by atoms with Crippen molar-refractivity contribution in [3.05, 3.63) is 58.1 Å². The average molecular weight is 293 g/mol. The highest BCUT2D eigenvalue weighted by Crippen LogP contribution is 2.32. The Kier molecular flexibility index (Phi) is 3.15. The Morgan fingerprint density at radius 3 is 2.29 bits per heavy atom. The van der Waals surface area contributed by atoms with Gasteiger partial charge in [0, 0.05) is 11.6 Å². The predicted octanol–water partition coefficient (Wildman–Crippen LogP) is 3.09. The van der Waals surface area contributed by atoms with Crippen LogP contribution < -0.4 is 0 Å². The van der Waals surface area contributed by atoms with Crippen molar-refractivity contribution >= 4 is 21.7 Å². The normalized spacial score (nSPS) is 10.2. The van der Waals surface area contributed by atoms with Crippen molar-refractivity contribution in [3.8, 4) is 11.5 Å². The molecule has 0 aliphatic heterocycles. The van der Waals surface area contributed by atoms with E-state index in [-0.39, 0.29) is 22.8 Å². The molecule has 0 aromatic heterocycles. The molecule has 0 aliphatic carbocycles. The van der Waals surface area contributed by atoms with Gasteiger partial charge in [-0.1, -0.05) is 30.3 Å². The highest BCUT2D eigenvalue weighted by atomic mass is 79.9. The van der Waals surface area contributed by atoms with Gasteiger partial charge in [-0.2, -0.15) is 0 Å². The van der Waals surface area contributed by atoms with Crippen molar-refractivity contribution in [3.63, 3.8) is 0 Å². The third-order valence-electron chi connectivity index (χ3n) is 2.35. The molecule has 0 saturated heterocycles. The van der Waals surface area contributed by atoms with Crippen molar-refractivity contribution in [2.75, 3.05) is 0 Å².